The fraction of sp³-hybridized carbons (Fsp3) is 0.0833. The van der Waals surface area contributed by atoms with Gasteiger partial charge in [-0.25, -0.2) is 5.43 Å². The van der Waals surface area contributed by atoms with Crippen LogP contribution in [0.5, 0.6) is 11.5 Å². The molecule has 0 aromatic heterocycles. The first-order valence-electron chi connectivity index (χ1n) is 9.83. The van der Waals surface area contributed by atoms with E-state index in [1.165, 1.54) is 26.5 Å². The fourth-order valence-corrected chi connectivity index (χ4v) is 2.84. The van der Waals surface area contributed by atoms with E-state index in [1.807, 2.05) is 6.07 Å². The molecule has 3 N–H and O–H groups in total. The summed E-state index contributed by atoms with van der Waals surface area (Å²) >= 11 is 0. The van der Waals surface area contributed by atoms with Crippen molar-refractivity contribution in [2.24, 2.45) is 5.10 Å². The van der Waals surface area contributed by atoms with E-state index in [2.05, 4.69) is 21.2 Å². The summed E-state index contributed by atoms with van der Waals surface area (Å²) in [5, 5.41) is 8.96. The molecule has 168 valence electrons. The summed E-state index contributed by atoms with van der Waals surface area (Å²) < 4.78 is 10.4. The van der Waals surface area contributed by atoms with Crippen molar-refractivity contribution in [1.29, 1.82) is 0 Å². The molecule has 0 saturated heterocycles. The highest BCUT2D eigenvalue weighted by molar-refractivity contribution is 6.40. The number of para-hydroxylation sites is 2. The molecule has 3 aromatic rings. The van der Waals surface area contributed by atoms with Crippen LogP contribution in [0.1, 0.15) is 15.9 Å². The summed E-state index contributed by atoms with van der Waals surface area (Å²) in [7, 11) is 3.02. The first-order chi connectivity index (χ1) is 16.0. The van der Waals surface area contributed by atoms with Crippen molar-refractivity contribution < 1.29 is 23.9 Å². The van der Waals surface area contributed by atoms with Crippen molar-refractivity contribution in [3.05, 3.63) is 83.9 Å². The van der Waals surface area contributed by atoms with Gasteiger partial charge in [-0.3, -0.25) is 14.4 Å². The number of carbonyl (C=O) groups is 3. The molecule has 3 amide bonds. The van der Waals surface area contributed by atoms with Crippen LogP contribution >= 0.6 is 0 Å². The molecule has 9 heteroatoms. The first kappa shape index (κ1) is 23.0. The summed E-state index contributed by atoms with van der Waals surface area (Å²) in [6.45, 7) is 0. The monoisotopic (exact) mass is 446 g/mol. The van der Waals surface area contributed by atoms with Crippen molar-refractivity contribution in [2.45, 2.75) is 0 Å². The van der Waals surface area contributed by atoms with E-state index in [1.54, 1.807) is 60.7 Å². The highest BCUT2D eigenvalue weighted by Gasteiger charge is 2.17. The lowest BCUT2D eigenvalue weighted by Crippen LogP contribution is -2.33. The Morgan fingerprint density at radius 1 is 0.788 bits per heavy atom. The maximum Gasteiger partial charge on any atom is 0.329 e. The Morgan fingerprint density at radius 3 is 2.21 bits per heavy atom. The lowest BCUT2D eigenvalue weighted by atomic mass is 10.1. The summed E-state index contributed by atoms with van der Waals surface area (Å²) in [4.78, 5) is 37.1. The number of benzene rings is 3. The standard InChI is InChI=1S/C24H22N4O5/c1-32-20-13-12-16(14-21(20)33-2)15-25-28-24(31)23(30)27-19-11-7-6-10-18(19)22(29)26-17-8-4-3-5-9-17/h3-15H,1-2H3,(H,26,29)(H,27,30)(H,28,31)/b25-15+. The van der Waals surface area contributed by atoms with Crippen LogP contribution in [-0.4, -0.2) is 38.2 Å². The number of amides is 3. The average molecular weight is 446 g/mol. The number of carbonyl (C=O) groups excluding carboxylic acids is 3. The van der Waals surface area contributed by atoms with Crippen molar-refractivity contribution in [1.82, 2.24) is 5.43 Å². The zero-order chi connectivity index (χ0) is 23.6. The smallest absolute Gasteiger partial charge is 0.329 e. The van der Waals surface area contributed by atoms with E-state index in [-0.39, 0.29) is 11.3 Å². The summed E-state index contributed by atoms with van der Waals surface area (Å²) in [5.74, 6) is -1.35. The number of methoxy groups -OCH3 is 2. The molecule has 0 aliphatic rings. The van der Waals surface area contributed by atoms with Gasteiger partial charge in [-0.15, -0.1) is 0 Å². The van der Waals surface area contributed by atoms with Gasteiger partial charge in [0, 0.05) is 5.69 Å². The molecule has 0 unspecified atom stereocenters. The van der Waals surface area contributed by atoms with Crippen LogP contribution in [0.15, 0.2) is 77.9 Å². The third kappa shape index (κ3) is 6.17. The second kappa shape index (κ2) is 11.1. The van der Waals surface area contributed by atoms with Gasteiger partial charge in [0.2, 0.25) is 0 Å². The minimum atomic E-state index is -0.995. The van der Waals surface area contributed by atoms with E-state index in [9.17, 15) is 14.4 Å². The molecule has 0 saturated carbocycles. The normalized spacial score (nSPS) is 10.4. The van der Waals surface area contributed by atoms with Crippen LogP contribution < -0.4 is 25.5 Å². The van der Waals surface area contributed by atoms with Crippen LogP contribution in [0.3, 0.4) is 0 Å². The van der Waals surface area contributed by atoms with Gasteiger partial charge in [0.05, 0.1) is 31.7 Å². The van der Waals surface area contributed by atoms with E-state index in [0.717, 1.165) is 0 Å². The van der Waals surface area contributed by atoms with Crippen molar-refractivity contribution in [3.8, 4) is 11.5 Å². The quantitative estimate of drug-likeness (QED) is 0.293. The van der Waals surface area contributed by atoms with Gasteiger partial charge in [-0.05, 0) is 48.0 Å². The lowest BCUT2D eigenvalue weighted by molar-refractivity contribution is -0.136. The Kier molecular flexibility index (Phi) is 7.74. The maximum absolute atomic E-state index is 12.6. The number of nitrogens with one attached hydrogen (secondary N) is 3. The highest BCUT2D eigenvalue weighted by atomic mass is 16.5. The fourth-order valence-electron chi connectivity index (χ4n) is 2.84. The van der Waals surface area contributed by atoms with Gasteiger partial charge < -0.3 is 20.1 Å². The van der Waals surface area contributed by atoms with Gasteiger partial charge in [-0.2, -0.15) is 5.10 Å². The SMILES string of the molecule is COc1ccc(/C=N/NC(=O)C(=O)Nc2ccccc2C(=O)Nc2ccccc2)cc1OC. The van der Waals surface area contributed by atoms with Crippen LogP contribution in [0.25, 0.3) is 0 Å². The zero-order valence-corrected chi connectivity index (χ0v) is 18.0. The van der Waals surface area contributed by atoms with Crippen molar-refractivity contribution in [2.75, 3.05) is 24.9 Å². The van der Waals surface area contributed by atoms with Gasteiger partial charge in [0.1, 0.15) is 0 Å². The number of hydrazone groups is 1. The third-order valence-electron chi connectivity index (χ3n) is 4.45. The first-order valence-corrected chi connectivity index (χ1v) is 9.83. The number of hydrogen-bond acceptors (Lipinski definition) is 6. The Morgan fingerprint density at radius 2 is 1.48 bits per heavy atom. The second-order valence-electron chi connectivity index (χ2n) is 6.63. The lowest BCUT2D eigenvalue weighted by Gasteiger charge is -2.11. The van der Waals surface area contributed by atoms with Crippen molar-refractivity contribution >= 4 is 35.3 Å². The van der Waals surface area contributed by atoms with E-state index < -0.39 is 17.7 Å². The molecule has 3 aromatic carbocycles. The molecule has 0 atom stereocenters. The molecule has 0 fully saturated rings. The zero-order valence-electron chi connectivity index (χ0n) is 18.0. The van der Waals surface area contributed by atoms with Gasteiger partial charge in [0.15, 0.2) is 11.5 Å². The summed E-state index contributed by atoms with van der Waals surface area (Å²) in [6, 6.07) is 20.3. The average Bonchev–Trinajstić information content (AvgIpc) is 2.84. The second-order valence-corrected chi connectivity index (χ2v) is 6.63. The summed E-state index contributed by atoms with van der Waals surface area (Å²) in [6.07, 6.45) is 1.36. The van der Waals surface area contributed by atoms with E-state index in [4.69, 9.17) is 9.47 Å². The topological polar surface area (TPSA) is 118 Å². The summed E-state index contributed by atoms with van der Waals surface area (Å²) in [5.41, 5.74) is 3.77. The van der Waals surface area contributed by atoms with Crippen LogP contribution in [-0.2, 0) is 9.59 Å². The van der Waals surface area contributed by atoms with Crippen LogP contribution in [0, 0.1) is 0 Å². The highest BCUT2D eigenvalue weighted by Crippen LogP contribution is 2.26. The minimum absolute atomic E-state index is 0.190. The Labute approximate surface area is 190 Å². The number of anilines is 2. The predicted molar refractivity (Wildman–Crippen MR) is 125 cm³/mol. The number of rotatable bonds is 7. The number of ether oxygens (including phenoxy) is 2. The molecule has 0 bridgehead atoms. The van der Waals surface area contributed by atoms with Gasteiger partial charge in [0.25, 0.3) is 5.91 Å². The molecule has 0 radical (unpaired) electrons. The minimum Gasteiger partial charge on any atom is -0.493 e. The molecule has 0 aliphatic heterocycles. The van der Waals surface area contributed by atoms with Gasteiger partial charge in [-0.1, -0.05) is 30.3 Å². The molecule has 9 nitrogen and oxygen atoms in total. The Hall–Kier alpha value is -4.66. The largest absolute Gasteiger partial charge is 0.493 e. The third-order valence-corrected chi connectivity index (χ3v) is 4.45. The molecular formula is C24H22N4O5. The molecule has 0 aliphatic carbocycles. The van der Waals surface area contributed by atoms with Crippen molar-refractivity contribution in [3.63, 3.8) is 0 Å². The molecule has 0 heterocycles. The molecule has 33 heavy (non-hydrogen) atoms. The number of hydrogen-bond donors (Lipinski definition) is 3. The van der Waals surface area contributed by atoms with Crippen LogP contribution in [0.4, 0.5) is 11.4 Å². The molecular weight excluding hydrogens is 424 g/mol. The van der Waals surface area contributed by atoms with E-state index >= 15 is 0 Å². The van der Waals surface area contributed by atoms with Crippen LogP contribution in [0.2, 0.25) is 0 Å². The molecule has 3 rings (SSSR count). The predicted octanol–water partition coefficient (Wildman–Crippen LogP) is 3.04. The van der Waals surface area contributed by atoms with Gasteiger partial charge >= 0.3 is 11.8 Å². The Bertz CT molecular complexity index is 1180. The molecule has 0 spiro atoms. The van der Waals surface area contributed by atoms with E-state index in [0.29, 0.717) is 22.7 Å². The maximum atomic E-state index is 12.6. The Balaban J connectivity index is 1.63. The number of nitrogens with zero attached hydrogens (tertiary/aromatic N) is 1.